The van der Waals surface area contributed by atoms with Gasteiger partial charge in [0, 0.05) is 26.2 Å². The summed E-state index contributed by atoms with van der Waals surface area (Å²) in [5.74, 6) is 0.0670. The maximum atomic E-state index is 13.2. The summed E-state index contributed by atoms with van der Waals surface area (Å²) in [5, 5.41) is 8.96. The summed E-state index contributed by atoms with van der Waals surface area (Å²) in [5.41, 5.74) is 2.00. The van der Waals surface area contributed by atoms with E-state index < -0.39 is 10.0 Å². The Hall–Kier alpha value is -3.19. The molecule has 0 aliphatic carbocycles. The molecule has 0 N–H and O–H groups in total. The van der Waals surface area contributed by atoms with Crippen LogP contribution in [-0.2, 0) is 32.5 Å². The van der Waals surface area contributed by atoms with Crippen LogP contribution in [0.4, 0.5) is 0 Å². The van der Waals surface area contributed by atoms with E-state index in [1.54, 1.807) is 35.2 Å². The standard InChI is InChI=1S/C24H27N3O5S/c1-3-10-26(18-20-6-4-19(17-25)5-7-20)24(28)16-21-8-9-22(31-2)23(15-21)33(29,30)27-11-13-32-14-12-27/h3-9,15H,1,10-14,16,18H2,2H3. The maximum absolute atomic E-state index is 13.2. The van der Waals surface area contributed by atoms with E-state index in [0.29, 0.717) is 37.4 Å². The molecule has 0 unspecified atom stereocenters. The largest absolute Gasteiger partial charge is 0.495 e. The second-order valence-corrected chi connectivity index (χ2v) is 9.46. The topological polar surface area (TPSA) is 99.9 Å². The molecule has 1 aliphatic heterocycles. The predicted molar refractivity (Wildman–Crippen MR) is 123 cm³/mol. The highest BCUT2D eigenvalue weighted by Crippen LogP contribution is 2.29. The number of hydrogen-bond acceptors (Lipinski definition) is 6. The lowest BCUT2D eigenvalue weighted by molar-refractivity contribution is -0.130. The van der Waals surface area contributed by atoms with Crippen LogP contribution in [0, 0.1) is 11.3 Å². The summed E-state index contributed by atoms with van der Waals surface area (Å²) in [6.07, 6.45) is 1.67. The smallest absolute Gasteiger partial charge is 0.246 e. The van der Waals surface area contributed by atoms with Gasteiger partial charge in [-0.2, -0.15) is 9.57 Å². The van der Waals surface area contributed by atoms with Gasteiger partial charge in [-0.15, -0.1) is 6.58 Å². The average molecular weight is 470 g/mol. The second-order valence-electron chi connectivity index (χ2n) is 7.55. The summed E-state index contributed by atoms with van der Waals surface area (Å²) < 4.78 is 38.3. The monoisotopic (exact) mass is 469 g/mol. The Morgan fingerprint density at radius 1 is 1.21 bits per heavy atom. The lowest BCUT2D eigenvalue weighted by Crippen LogP contribution is -2.40. The fourth-order valence-electron chi connectivity index (χ4n) is 3.56. The summed E-state index contributed by atoms with van der Waals surface area (Å²) in [6.45, 7) is 5.64. The van der Waals surface area contributed by atoms with Gasteiger partial charge in [0.1, 0.15) is 10.6 Å². The highest BCUT2D eigenvalue weighted by Gasteiger charge is 2.29. The number of carbonyl (C=O) groups is 1. The van der Waals surface area contributed by atoms with Crippen LogP contribution in [0.25, 0.3) is 0 Å². The van der Waals surface area contributed by atoms with Gasteiger partial charge in [-0.1, -0.05) is 24.3 Å². The number of nitrogens with zero attached hydrogens (tertiary/aromatic N) is 3. The van der Waals surface area contributed by atoms with Crippen molar-refractivity contribution in [3.05, 3.63) is 71.8 Å². The molecule has 0 aromatic heterocycles. The molecular weight excluding hydrogens is 442 g/mol. The van der Waals surface area contributed by atoms with Crippen molar-refractivity contribution < 1.29 is 22.7 Å². The van der Waals surface area contributed by atoms with Crippen molar-refractivity contribution in [2.24, 2.45) is 0 Å². The normalized spacial score (nSPS) is 14.3. The molecule has 1 fully saturated rings. The number of sulfonamides is 1. The van der Waals surface area contributed by atoms with Crippen LogP contribution in [0.3, 0.4) is 0 Å². The summed E-state index contributed by atoms with van der Waals surface area (Å²) in [6, 6.07) is 13.9. The van der Waals surface area contributed by atoms with Gasteiger partial charge in [-0.05, 0) is 35.4 Å². The van der Waals surface area contributed by atoms with Crippen LogP contribution in [0.1, 0.15) is 16.7 Å². The maximum Gasteiger partial charge on any atom is 0.246 e. The van der Waals surface area contributed by atoms with Gasteiger partial charge >= 0.3 is 0 Å². The molecule has 1 aliphatic rings. The molecular formula is C24H27N3O5S. The van der Waals surface area contributed by atoms with Gasteiger partial charge in [0.2, 0.25) is 15.9 Å². The minimum Gasteiger partial charge on any atom is -0.495 e. The molecule has 1 saturated heterocycles. The van der Waals surface area contributed by atoms with Crippen molar-refractivity contribution in [2.45, 2.75) is 17.9 Å². The van der Waals surface area contributed by atoms with E-state index in [-0.39, 0.29) is 36.1 Å². The zero-order valence-electron chi connectivity index (χ0n) is 18.6. The number of ether oxygens (including phenoxy) is 2. The summed E-state index contributed by atoms with van der Waals surface area (Å²) >= 11 is 0. The molecule has 0 bridgehead atoms. The van der Waals surface area contributed by atoms with E-state index in [4.69, 9.17) is 14.7 Å². The Labute approximate surface area is 194 Å². The average Bonchev–Trinajstić information content (AvgIpc) is 2.84. The number of rotatable bonds is 9. The summed E-state index contributed by atoms with van der Waals surface area (Å²) in [7, 11) is -2.37. The molecule has 2 aromatic rings. The quantitative estimate of drug-likeness (QED) is 0.523. The fourth-order valence-corrected chi connectivity index (χ4v) is 5.17. The van der Waals surface area contributed by atoms with E-state index in [1.807, 2.05) is 12.1 Å². The number of carbonyl (C=O) groups excluding carboxylic acids is 1. The Morgan fingerprint density at radius 3 is 2.48 bits per heavy atom. The van der Waals surface area contributed by atoms with E-state index >= 15 is 0 Å². The highest BCUT2D eigenvalue weighted by atomic mass is 32.2. The van der Waals surface area contributed by atoms with Crippen LogP contribution in [-0.4, -0.2) is 63.5 Å². The van der Waals surface area contributed by atoms with Crippen molar-refractivity contribution in [1.82, 2.24) is 9.21 Å². The van der Waals surface area contributed by atoms with Crippen molar-refractivity contribution >= 4 is 15.9 Å². The minimum atomic E-state index is -3.79. The first kappa shape index (κ1) is 24.5. The number of benzene rings is 2. The third-order valence-corrected chi connectivity index (χ3v) is 7.25. The molecule has 9 heteroatoms. The molecule has 8 nitrogen and oxygen atoms in total. The minimum absolute atomic E-state index is 0.0275. The van der Waals surface area contributed by atoms with Gasteiger partial charge in [-0.25, -0.2) is 8.42 Å². The molecule has 174 valence electrons. The number of hydrogen-bond donors (Lipinski definition) is 0. The lowest BCUT2D eigenvalue weighted by atomic mass is 10.1. The molecule has 2 aromatic carbocycles. The van der Waals surface area contributed by atoms with E-state index in [9.17, 15) is 13.2 Å². The second kappa shape index (κ2) is 11.1. The number of morpholine rings is 1. The number of methoxy groups -OCH3 is 1. The van der Waals surface area contributed by atoms with E-state index in [1.165, 1.54) is 17.5 Å². The van der Waals surface area contributed by atoms with Crippen molar-refractivity contribution in [3.63, 3.8) is 0 Å². The first-order chi connectivity index (χ1) is 15.9. The first-order valence-corrected chi connectivity index (χ1v) is 12.0. The Kier molecular flexibility index (Phi) is 8.22. The van der Waals surface area contributed by atoms with Crippen LogP contribution < -0.4 is 4.74 Å². The zero-order chi connectivity index (χ0) is 23.8. The van der Waals surface area contributed by atoms with Crippen LogP contribution in [0.15, 0.2) is 60.0 Å². The van der Waals surface area contributed by atoms with Gasteiger partial charge in [-0.3, -0.25) is 4.79 Å². The molecule has 0 saturated carbocycles. The van der Waals surface area contributed by atoms with Crippen molar-refractivity contribution in [1.29, 1.82) is 5.26 Å². The van der Waals surface area contributed by atoms with Gasteiger partial charge in [0.05, 0.1) is 38.4 Å². The van der Waals surface area contributed by atoms with Crippen LogP contribution >= 0.6 is 0 Å². The lowest BCUT2D eigenvalue weighted by Gasteiger charge is -2.27. The molecule has 1 heterocycles. The van der Waals surface area contributed by atoms with Crippen LogP contribution in [0.2, 0.25) is 0 Å². The van der Waals surface area contributed by atoms with Crippen molar-refractivity contribution in [2.75, 3.05) is 40.0 Å². The zero-order valence-corrected chi connectivity index (χ0v) is 19.4. The third-order valence-electron chi connectivity index (χ3n) is 5.33. The van der Waals surface area contributed by atoms with Crippen molar-refractivity contribution in [3.8, 4) is 11.8 Å². The van der Waals surface area contributed by atoms with Gasteiger partial charge in [0.25, 0.3) is 0 Å². The third kappa shape index (κ3) is 5.99. The SMILES string of the molecule is C=CCN(Cc1ccc(C#N)cc1)C(=O)Cc1ccc(OC)c(S(=O)(=O)N2CCOCC2)c1. The molecule has 0 spiro atoms. The molecule has 0 radical (unpaired) electrons. The predicted octanol–water partition coefficient (Wildman–Crippen LogP) is 2.35. The van der Waals surface area contributed by atoms with Crippen LogP contribution in [0.5, 0.6) is 5.75 Å². The summed E-state index contributed by atoms with van der Waals surface area (Å²) in [4.78, 5) is 14.7. The fraction of sp³-hybridized carbons (Fsp3) is 0.333. The van der Waals surface area contributed by atoms with Gasteiger partial charge < -0.3 is 14.4 Å². The molecule has 1 amide bonds. The van der Waals surface area contributed by atoms with E-state index in [0.717, 1.165) is 5.56 Å². The number of amides is 1. The Morgan fingerprint density at radius 2 is 1.88 bits per heavy atom. The Balaban J connectivity index is 1.81. The van der Waals surface area contributed by atoms with Gasteiger partial charge in [0.15, 0.2) is 0 Å². The molecule has 33 heavy (non-hydrogen) atoms. The highest BCUT2D eigenvalue weighted by molar-refractivity contribution is 7.89. The number of nitriles is 1. The van der Waals surface area contributed by atoms with E-state index in [2.05, 4.69) is 12.6 Å². The first-order valence-electron chi connectivity index (χ1n) is 10.5. The molecule has 3 rings (SSSR count). The molecule has 0 atom stereocenters. The Bertz CT molecular complexity index is 1130.